The molecule has 11 heteroatoms. The molecule has 2 N–H and O–H groups in total. The van der Waals surface area contributed by atoms with Crippen LogP contribution in [0.4, 0.5) is 11.4 Å². The first-order valence-corrected chi connectivity index (χ1v) is 14.8. The van der Waals surface area contributed by atoms with Crippen molar-refractivity contribution in [3.8, 4) is 17.2 Å². The molecule has 0 aliphatic rings. The Labute approximate surface area is 251 Å². The molecule has 0 fully saturated rings. The monoisotopic (exact) mass is 603 g/mol. The van der Waals surface area contributed by atoms with Crippen LogP contribution in [0.3, 0.4) is 0 Å². The van der Waals surface area contributed by atoms with Gasteiger partial charge in [-0.15, -0.1) is 0 Å². The second-order valence-corrected chi connectivity index (χ2v) is 11.2. The highest BCUT2D eigenvalue weighted by Gasteiger charge is 2.27. The Kier molecular flexibility index (Phi) is 10.2. The first-order valence-electron chi connectivity index (χ1n) is 13.4. The second-order valence-electron chi connectivity index (χ2n) is 9.31. The highest BCUT2D eigenvalue weighted by molar-refractivity contribution is 7.92. The SMILES string of the molecule is COc1ccc(N(CC(=O)Nc2ccccc2C(=O)NCCc2ccc(OC)c(OC)c2)S(=O)(=O)c2ccccc2)cc1. The Hall–Kier alpha value is -5.03. The van der Waals surface area contributed by atoms with Gasteiger partial charge in [-0.3, -0.25) is 13.9 Å². The molecule has 224 valence electrons. The maximum absolute atomic E-state index is 13.6. The van der Waals surface area contributed by atoms with Crippen LogP contribution >= 0.6 is 0 Å². The van der Waals surface area contributed by atoms with Gasteiger partial charge >= 0.3 is 0 Å². The van der Waals surface area contributed by atoms with E-state index >= 15 is 0 Å². The van der Waals surface area contributed by atoms with Gasteiger partial charge in [-0.2, -0.15) is 0 Å². The van der Waals surface area contributed by atoms with Crippen LogP contribution in [-0.4, -0.2) is 54.7 Å². The molecule has 4 rings (SSSR count). The molecule has 0 aliphatic heterocycles. The lowest BCUT2D eigenvalue weighted by Crippen LogP contribution is -2.38. The summed E-state index contributed by atoms with van der Waals surface area (Å²) < 4.78 is 44.0. The predicted molar refractivity (Wildman–Crippen MR) is 165 cm³/mol. The van der Waals surface area contributed by atoms with Crippen LogP contribution < -0.4 is 29.1 Å². The fraction of sp³-hybridized carbons (Fsp3) is 0.188. The highest BCUT2D eigenvalue weighted by atomic mass is 32.2. The Balaban J connectivity index is 1.48. The predicted octanol–water partition coefficient (Wildman–Crippen LogP) is 4.52. The molecule has 0 spiro atoms. The quantitative estimate of drug-likeness (QED) is 0.230. The molecule has 0 unspecified atom stereocenters. The van der Waals surface area contributed by atoms with Crippen molar-refractivity contribution in [3.05, 3.63) is 108 Å². The van der Waals surface area contributed by atoms with Crippen LogP contribution in [0, 0.1) is 0 Å². The molecule has 0 heterocycles. The number of nitrogens with zero attached hydrogens (tertiary/aromatic N) is 1. The number of benzene rings is 4. The molecule has 0 radical (unpaired) electrons. The summed E-state index contributed by atoms with van der Waals surface area (Å²) in [4.78, 5) is 26.4. The third-order valence-electron chi connectivity index (χ3n) is 6.57. The maximum Gasteiger partial charge on any atom is 0.264 e. The van der Waals surface area contributed by atoms with Gasteiger partial charge in [0.25, 0.3) is 15.9 Å². The number of methoxy groups -OCH3 is 3. The summed E-state index contributed by atoms with van der Waals surface area (Å²) in [5.41, 5.74) is 1.71. The molecule has 4 aromatic rings. The number of nitrogens with one attached hydrogen (secondary N) is 2. The van der Waals surface area contributed by atoms with Crippen LogP contribution in [0.25, 0.3) is 0 Å². The van der Waals surface area contributed by atoms with E-state index in [1.54, 1.807) is 87.0 Å². The van der Waals surface area contributed by atoms with Gasteiger partial charge in [0.2, 0.25) is 5.91 Å². The Morgan fingerprint density at radius 3 is 2.12 bits per heavy atom. The number of hydrogen-bond acceptors (Lipinski definition) is 7. The number of ether oxygens (including phenoxy) is 3. The van der Waals surface area contributed by atoms with Crippen LogP contribution in [0.1, 0.15) is 15.9 Å². The number of hydrogen-bond donors (Lipinski definition) is 2. The molecule has 0 saturated carbocycles. The fourth-order valence-corrected chi connectivity index (χ4v) is 5.79. The fourth-order valence-electron chi connectivity index (χ4n) is 4.35. The summed E-state index contributed by atoms with van der Waals surface area (Å²) in [7, 11) is 0.525. The van der Waals surface area contributed by atoms with Crippen molar-refractivity contribution in [1.29, 1.82) is 0 Å². The van der Waals surface area contributed by atoms with Gasteiger partial charge in [-0.05, 0) is 72.6 Å². The number of sulfonamides is 1. The van der Waals surface area contributed by atoms with E-state index in [0.717, 1.165) is 9.87 Å². The molecule has 0 atom stereocenters. The van der Waals surface area contributed by atoms with E-state index in [9.17, 15) is 18.0 Å². The lowest BCUT2D eigenvalue weighted by Gasteiger charge is -2.24. The first kappa shape index (κ1) is 30.9. The van der Waals surface area contributed by atoms with Gasteiger partial charge in [-0.1, -0.05) is 36.4 Å². The molecule has 0 bridgehead atoms. The van der Waals surface area contributed by atoms with Gasteiger partial charge in [0.1, 0.15) is 12.3 Å². The van der Waals surface area contributed by atoms with Crippen LogP contribution in [0.5, 0.6) is 17.2 Å². The topological polar surface area (TPSA) is 123 Å². The van der Waals surface area contributed by atoms with Crippen molar-refractivity contribution >= 4 is 33.2 Å². The van der Waals surface area contributed by atoms with E-state index in [1.807, 2.05) is 12.1 Å². The number of carbonyl (C=O) groups is 2. The van der Waals surface area contributed by atoms with E-state index in [1.165, 1.54) is 19.2 Å². The third kappa shape index (κ3) is 7.63. The van der Waals surface area contributed by atoms with Crippen molar-refractivity contribution in [2.75, 3.05) is 44.0 Å². The summed E-state index contributed by atoms with van der Waals surface area (Å²) in [5, 5.41) is 5.58. The molecular weight excluding hydrogens is 570 g/mol. The Morgan fingerprint density at radius 1 is 0.767 bits per heavy atom. The summed E-state index contributed by atoms with van der Waals surface area (Å²) in [6.07, 6.45) is 0.536. The van der Waals surface area contributed by atoms with E-state index in [-0.39, 0.29) is 27.7 Å². The molecule has 10 nitrogen and oxygen atoms in total. The summed E-state index contributed by atoms with van der Waals surface area (Å²) in [5.74, 6) is 0.733. The zero-order valence-electron chi connectivity index (χ0n) is 24.1. The second kappa shape index (κ2) is 14.2. The molecule has 43 heavy (non-hydrogen) atoms. The number of anilines is 2. The van der Waals surface area contributed by atoms with Crippen molar-refractivity contribution in [3.63, 3.8) is 0 Å². The minimum atomic E-state index is -4.10. The van der Waals surface area contributed by atoms with E-state index in [2.05, 4.69) is 10.6 Å². The van der Waals surface area contributed by atoms with Gasteiger partial charge in [0.15, 0.2) is 11.5 Å². The standard InChI is InChI=1S/C32H33N3O7S/c1-40-25-16-14-24(15-17-25)35(43(38,39)26-9-5-4-6-10-26)22-31(36)34-28-12-8-7-11-27(28)32(37)33-20-19-23-13-18-29(41-2)30(21-23)42-3/h4-18,21H,19-20,22H2,1-3H3,(H,33,37)(H,34,36). The minimum Gasteiger partial charge on any atom is -0.497 e. The molecule has 4 aromatic carbocycles. The first-order chi connectivity index (χ1) is 20.8. The average Bonchev–Trinajstić information content (AvgIpc) is 3.04. The average molecular weight is 604 g/mol. The number of carbonyl (C=O) groups excluding carboxylic acids is 2. The van der Waals surface area contributed by atoms with E-state index in [4.69, 9.17) is 14.2 Å². The van der Waals surface area contributed by atoms with Crippen molar-refractivity contribution in [2.24, 2.45) is 0 Å². The van der Waals surface area contributed by atoms with Gasteiger partial charge in [0, 0.05) is 6.54 Å². The Bertz CT molecular complexity index is 1660. The van der Waals surface area contributed by atoms with Crippen molar-refractivity contribution < 1.29 is 32.2 Å². The third-order valence-corrected chi connectivity index (χ3v) is 8.36. The normalized spacial score (nSPS) is 10.9. The number of para-hydroxylation sites is 1. The van der Waals surface area contributed by atoms with E-state index in [0.29, 0.717) is 30.2 Å². The van der Waals surface area contributed by atoms with Crippen LogP contribution in [-0.2, 0) is 21.2 Å². The van der Waals surface area contributed by atoms with Gasteiger partial charge in [0.05, 0.1) is 43.2 Å². The zero-order valence-corrected chi connectivity index (χ0v) is 24.9. The number of amides is 2. The Morgan fingerprint density at radius 2 is 1.44 bits per heavy atom. The largest absolute Gasteiger partial charge is 0.497 e. The maximum atomic E-state index is 13.6. The van der Waals surface area contributed by atoms with Crippen molar-refractivity contribution in [1.82, 2.24) is 5.32 Å². The molecule has 0 aromatic heterocycles. The molecule has 2 amide bonds. The summed E-state index contributed by atoms with van der Waals surface area (Å²) in [6, 6.07) is 26.3. The van der Waals surface area contributed by atoms with Crippen molar-refractivity contribution in [2.45, 2.75) is 11.3 Å². The van der Waals surface area contributed by atoms with Crippen LogP contribution in [0.15, 0.2) is 102 Å². The number of rotatable bonds is 13. The minimum absolute atomic E-state index is 0.0351. The summed E-state index contributed by atoms with van der Waals surface area (Å²) >= 11 is 0. The molecule has 0 aliphatic carbocycles. The van der Waals surface area contributed by atoms with Gasteiger partial charge in [-0.25, -0.2) is 8.42 Å². The van der Waals surface area contributed by atoms with Crippen LogP contribution in [0.2, 0.25) is 0 Å². The zero-order chi connectivity index (χ0) is 30.8. The van der Waals surface area contributed by atoms with Gasteiger partial charge < -0.3 is 24.8 Å². The highest BCUT2D eigenvalue weighted by Crippen LogP contribution is 2.28. The lowest BCUT2D eigenvalue weighted by atomic mass is 10.1. The van der Waals surface area contributed by atoms with E-state index < -0.39 is 22.5 Å². The molecular formula is C32H33N3O7S. The molecule has 0 saturated heterocycles. The lowest BCUT2D eigenvalue weighted by molar-refractivity contribution is -0.114. The smallest absolute Gasteiger partial charge is 0.264 e. The summed E-state index contributed by atoms with van der Waals surface area (Å²) in [6.45, 7) is -0.198.